The fraction of sp³-hybridized carbons (Fsp3) is 0.933. The Morgan fingerprint density at radius 2 is 1.65 bits per heavy atom. The normalized spacial score (nSPS) is 35.2. The third-order valence-electron chi connectivity index (χ3n) is 5.38. The van der Waals surface area contributed by atoms with Crippen molar-refractivity contribution in [1.29, 1.82) is 5.26 Å². The highest BCUT2D eigenvalue weighted by Gasteiger charge is 2.42. The van der Waals surface area contributed by atoms with Gasteiger partial charge in [-0.05, 0) is 37.0 Å². The Balaban J connectivity index is 2.20. The predicted octanol–water partition coefficient (Wildman–Crippen LogP) is 3.16. The molecule has 0 aromatic heterocycles. The molecule has 4 unspecified atom stereocenters. The fourth-order valence-corrected chi connectivity index (χ4v) is 6.00. The summed E-state index contributed by atoms with van der Waals surface area (Å²) in [5.74, 6) is 1.46. The lowest BCUT2D eigenvalue weighted by Gasteiger charge is -2.42. The number of hydrogen-bond acceptors (Lipinski definition) is 3. The molecule has 0 aromatic rings. The van der Waals surface area contributed by atoms with Crippen molar-refractivity contribution in [2.45, 2.75) is 70.0 Å². The summed E-state index contributed by atoms with van der Waals surface area (Å²) < 4.78 is 26.7. The lowest BCUT2D eigenvalue weighted by atomic mass is 9.67. The molecule has 2 fully saturated rings. The van der Waals surface area contributed by atoms with Gasteiger partial charge < -0.3 is 0 Å². The average Bonchev–Trinajstić information content (AvgIpc) is 2.47. The van der Waals surface area contributed by atoms with Crippen LogP contribution in [-0.2, 0) is 10.0 Å². The van der Waals surface area contributed by atoms with Crippen molar-refractivity contribution in [3.05, 3.63) is 0 Å². The maximum Gasteiger partial charge on any atom is 0.244 e. The summed E-state index contributed by atoms with van der Waals surface area (Å²) in [4.78, 5) is 0. The summed E-state index contributed by atoms with van der Waals surface area (Å²) in [6, 6.07) is 0. The number of nitrogens with one attached hydrogen (secondary N) is 1. The zero-order valence-electron chi connectivity index (χ0n) is 12.3. The first-order chi connectivity index (χ1) is 9.60. The monoisotopic (exact) mass is 298 g/mol. The minimum atomic E-state index is -3.47. The quantitative estimate of drug-likeness (QED) is 0.640. The number of nitriles is 1. The third-order valence-corrected chi connectivity index (χ3v) is 7.14. The van der Waals surface area contributed by atoms with Gasteiger partial charge in [-0.15, -0.1) is 0 Å². The van der Waals surface area contributed by atoms with Gasteiger partial charge >= 0.3 is 0 Å². The van der Waals surface area contributed by atoms with E-state index in [1.54, 1.807) is 6.19 Å². The van der Waals surface area contributed by atoms with Crippen LogP contribution in [0.1, 0.15) is 64.7 Å². The van der Waals surface area contributed by atoms with Crippen LogP contribution in [0.4, 0.5) is 0 Å². The van der Waals surface area contributed by atoms with Crippen LogP contribution >= 0.6 is 0 Å². The summed E-state index contributed by atoms with van der Waals surface area (Å²) >= 11 is 0. The summed E-state index contributed by atoms with van der Waals surface area (Å²) in [5, 5.41) is 8.33. The van der Waals surface area contributed by atoms with E-state index in [9.17, 15) is 8.42 Å². The predicted molar refractivity (Wildman–Crippen MR) is 79.2 cm³/mol. The number of nitrogens with zero attached hydrogens (tertiary/aromatic N) is 1. The van der Waals surface area contributed by atoms with Gasteiger partial charge in [0, 0.05) is 0 Å². The average molecular weight is 298 g/mol. The maximum absolute atomic E-state index is 12.3. The highest BCUT2D eigenvalue weighted by molar-refractivity contribution is 7.90. The third kappa shape index (κ3) is 3.28. The molecule has 0 radical (unpaired) electrons. The minimum absolute atomic E-state index is 0.250. The van der Waals surface area contributed by atoms with Gasteiger partial charge in [-0.3, -0.25) is 0 Å². The van der Waals surface area contributed by atoms with E-state index >= 15 is 0 Å². The first-order valence-corrected chi connectivity index (χ1v) is 9.54. The Morgan fingerprint density at radius 1 is 1.05 bits per heavy atom. The molecule has 2 aliphatic rings. The molecule has 0 saturated heterocycles. The summed E-state index contributed by atoms with van der Waals surface area (Å²) in [7, 11) is -3.47. The van der Waals surface area contributed by atoms with Gasteiger partial charge in [-0.1, -0.05) is 45.4 Å². The molecule has 2 rings (SSSR count). The van der Waals surface area contributed by atoms with Crippen LogP contribution in [0, 0.1) is 29.2 Å². The van der Waals surface area contributed by atoms with Crippen molar-refractivity contribution < 1.29 is 8.42 Å². The highest BCUT2D eigenvalue weighted by Crippen LogP contribution is 2.44. The van der Waals surface area contributed by atoms with E-state index in [0.717, 1.165) is 25.7 Å². The molecule has 5 heteroatoms. The van der Waals surface area contributed by atoms with E-state index in [0.29, 0.717) is 18.3 Å². The molecule has 0 amide bonds. The Hall–Kier alpha value is -0.760. The van der Waals surface area contributed by atoms with Gasteiger partial charge in [0.05, 0.1) is 5.25 Å². The molecule has 2 saturated carbocycles. The Morgan fingerprint density at radius 3 is 2.30 bits per heavy atom. The Bertz CT molecular complexity index is 455. The van der Waals surface area contributed by atoms with Gasteiger partial charge in [-0.2, -0.15) is 5.26 Å². The SMILES string of the molecule is CCC1CCCCC1C1CCCCC1S(=O)(=O)NC#N. The van der Waals surface area contributed by atoms with Gasteiger partial charge in [0.1, 0.15) is 0 Å². The van der Waals surface area contributed by atoms with E-state index in [1.165, 1.54) is 25.7 Å². The molecule has 114 valence electrons. The topological polar surface area (TPSA) is 70.0 Å². The zero-order valence-corrected chi connectivity index (χ0v) is 13.2. The van der Waals surface area contributed by atoms with Gasteiger partial charge in [0.25, 0.3) is 0 Å². The molecule has 0 bridgehead atoms. The van der Waals surface area contributed by atoms with E-state index in [-0.39, 0.29) is 11.2 Å². The molecular formula is C15H26N2O2S. The molecule has 4 atom stereocenters. The zero-order chi connectivity index (χ0) is 14.6. The van der Waals surface area contributed by atoms with Crippen molar-refractivity contribution in [3.63, 3.8) is 0 Å². The molecular weight excluding hydrogens is 272 g/mol. The van der Waals surface area contributed by atoms with Crippen molar-refractivity contribution in [2.24, 2.45) is 17.8 Å². The van der Waals surface area contributed by atoms with E-state index < -0.39 is 10.0 Å². The molecule has 0 aliphatic heterocycles. The number of hydrogen-bond donors (Lipinski definition) is 1. The highest BCUT2D eigenvalue weighted by atomic mass is 32.2. The lowest BCUT2D eigenvalue weighted by Crippen LogP contribution is -2.44. The minimum Gasteiger partial charge on any atom is -0.219 e. The summed E-state index contributed by atoms with van der Waals surface area (Å²) in [6.07, 6.45) is 11.5. The largest absolute Gasteiger partial charge is 0.244 e. The molecule has 2 aliphatic carbocycles. The van der Waals surface area contributed by atoms with Crippen LogP contribution in [0.2, 0.25) is 0 Å². The van der Waals surface area contributed by atoms with Crippen LogP contribution in [0.25, 0.3) is 0 Å². The lowest BCUT2D eigenvalue weighted by molar-refractivity contribution is 0.127. The number of sulfonamides is 1. The summed E-state index contributed by atoms with van der Waals surface area (Å²) in [6.45, 7) is 2.23. The molecule has 0 heterocycles. The first kappa shape index (κ1) is 15.6. The fourth-order valence-electron chi connectivity index (χ4n) is 4.45. The second kappa shape index (κ2) is 6.80. The molecule has 20 heavy (non-hydrogen) atoms. The molecule has 1 N–H and O–H groups in total. The molecule has 0 spiro atoms. The van der Waals surface area contributed by atoms with Gasteiger partial charge in [0.15, 0.2) is 6.19 Å². The van der Waals surface area contributed by atoms with Crippen LogP contribution in [0.15, 0.2) is 0 Å². The maximum atomic E-state index is 12.3. The second-order valence-corrected chi connectivity index (χ2v) is 8.26. The van der Waals surface area contributed by atoms with Crippen LogP contribution in [0.3, 0.4) is 0 Å². The Labute approximate surface area is 123 Å². The van der Waals surface area contributed by atoms with Gasteiger partial charge in [-0.25, -0.2) is 13.1 Å². The van der Waals surface area contributed by atoms with Crippen LogP contribution < -0.4 is 4.72 Å². The van der Waals surface area contributed by atoms with Crippen molar-refractivity contribution >= 4 is 10.0 Å². The molecule has 0 aromatic carbocycles. The second-order valence-electron chi connectivity index (χ2n) is 6.36. The van der Waals surface area contributed by atoms with E-state index in [4.69, 9.17) is 5.26 Å². The summed E-state index contributed by atoms with van der Waals surface area (Å²) in [5.41, 5.74) is 0. The van der Waals surface area contributed by atoms with Crippen LogP contribution in [0.5, 0.6) is 0 Å². The van der Waals surface area contributed by atoms with Crippen molar-refractivity contribution in [3.8, 4) is 6.19 Å². The van der Waals surface area contributed by atoms with Crippen LogP contribution in [-0.4, -0.2) is 13.7 Å². The van der Waals surface area contributed by atoms with Gasteiger partial charge in [0.2, 0.25) is 10.0 Å². The standard InChI is InChI=1S/C15H26N2O2S/c1-2-12-7-3-4-8-13(12)14-9-5-6-10-15(14)20(18,19)17-11-16/h12-15,17H,2-10H2,1H3. The van der Waals surface area contributed by atoms with E-state index in [2.05, 4.69) is 11.6 Å². The first-order valence-electron chi connectivity index (χ1n) is 8.00. The smallest absolute Gasteiger partial charge is 0.219 e. The Kier molecular flexibility index (Phi) is 5.31. The number of rotatable bonds is 4. The van der Waals surface area contributed by atoms with Crippen molar-refractivity contribution in [1.82, 2.24) is 4.72 Å². The van der Waals surface area contributed by atoms with Crippen molar-refractivity contribution in [2.75, 3.05) is 0 Å². The van der Waals surface area contributed by atoms with E-state index in [1.807, 2.05) is 0 Å². The molecule has 4 nitrogen and oxygen atoms in total.